The van der Waals surface area contributed by atoms with E-state index in [1.807, 2.05) is 13.8 Å². The molecule has 15 nitrogen and oxygen atoms in total. The predicted octanol–water partition coefficient (Wildman–Crippen LogP) is 1.82. The standard InChI is InChI=1S/C9H18O4.C8H17NO4.C5H12O2.C4H6N2O2.C2H6/c1-3-5-11-6-7-12-8-9(10)13-4-2;1-2-13-8(10)7-12-6-5-11-4-3-9;1-2-4-7-5-3-6;1-2-8-4(7)3-6-5;1-2/h3-8H2,1-2H3;2-7,9H2,1H3;6H,2-5H2,1H3;3H,2H2,1H3;1-2H3/i;;;;1D. The first-order chi connectivity index (χ1) is 21.3. The zero-order chi connectivity index (χ0) is 34.5. The molecule has 0 aromatic heterocycles. The summed E-state index contributed by atoms with van der Waals surface area (Å²) >= 11 is 0. The summed E-state index contributed by atoms with van der Waals surface area (Å²) in [7, 11) is 0. The van der Waals surface area contributed by atoms with Crippen molar-refractivity contribution >= 4 is 24.1 Å². The molecule has 0 aliphatic rings. The molecule has 3 N–H and O–H groups in total. The zero-order valence-corrected chi connectivity index (χ0v) is 27.2. The largest absolute Gasteiger partial charge is 0.464 e. The van der Waals surface area contributed by atoms with Gasteiger partial charge >= 0.3 is 24.1 Å². The van der Waals surface area contributed by atoms with Crippen LogP contribution in [0.25, 0.3) is 5.53 Å². The minimum Gasteiger partial charge on any atom is -0.464 e. The third-order valence-electron chi connectivity index (χ3n) is 3.44. The minimum absolute atomic E-state index is 0.0141. The molecule has 0 aliphatic carbocycles. The number of hydrogen-bond donors (Lipinski definition) is 2. The van der Waals surface area contributed by atoms with Crippen molar-refractivity contribution < 1.29 is 63.5 Å². The normalized spacial score (nSPS) is 9.35. The molecule has 0 heterocycles. The first-order valence-corrected chi connectivity index (χ1v) is 14.4. The monoisotopic (exact) mass is 630 g/mol. The van der Waals surface area contributed by atoms with Gasteiger partial charge in [-0.1, -0.05) is 27.7 Å². The van der Waals surface area contributed by atoms with E-state index < -0.39 is 5.97 Å². The van der Waals surface area contributed by atoms with Crippen LogP contribution in [0.15, 0.2) is 0 Å². The van der Waals surface area contributed by atoms with Gasteiger partial charge in [-0.2, -0.15) is 4.79 Å². The van der Waals surface area contributed by atoms with Crippen LogP contribution in [0.4, 0.5) is 0 Å². The van der Waals surface area contributed by atoms with Gasteiger partial charge in [-0.15, -0.1) is 0 Å². The van der Waals surface area contributed by atoms with Crippen molar-refractivity contribution in [2.45, 2.75) is 61.3 Å². The molecule has 15 heteroatoms. The van der Waals surface area contributed by atoms with E-state index in [0.717, 1.165) is 26.1 Å². The maximum Gasteiger partial charge on any atom is 0.413 e. The average molecular weight is 631 g/mol. The van der Waals surface area contributed by atoms with Crippen LogP contribution in [-0.2, 0) is 52.3 Å². The third-order valence-corrected chi connectivity index (χ3v) is 3.44. The molecule has 0 saturated carbocycles. The molecule has 0 rings (SSSR count). The van der Waals surface area contributed by atoms with Crippen LogP contribution < -0.4 is 5.73 Å². The number of carbonyl (C=O) groups excluding carboxylic acids is 3. The van der Waals surface area contributed by atoms with E-state index in [1.54, 1.807) is 27.7 Å². The fourth-order valence-corrected chi connectivity index (χ4v) is 1.92. The Balaban J connectivity index is -0.000000153. The number of aliphatic hydroxyl groups is 1. The van der Waals surface area contributed by atoms with Crippen LogP contribution in [0.1, 0.15) is 62.7 Å². The molecule has 0 atom stereocenters. The van der Waals surface area contributed by atoms with Gasteiger partial charge in [0.25, 0.3) is 0 Å². The molecule has 0 aromatic rings. The Hall–Kier alpha value is -2.49. The lowest BCUT2D eigenvalue weighted by molar-refractivity contribution is -0.149. The van der Waals surface area contributed by atoms with E-state index in [2.05, 4.69) is 19.0 Å². The summed E-state index contributed by atoms with van der Waals surface area (Å²) in [6, 6.07) is 0. The van der Waals surface area contributed by atoms with Gasteiger partial charge < -0.3 is 54.3 Å². The topological polar surface area (TPSA) is 208 Å². The molecule has 0 aliphatic heterocycles. The Bertz CT molecular complexity index is 595. The lowest BCUT2D eigenvalue weighted by Gasteiger charge is -2.04. The molecular formula is C28H59N3O12. The second kappa shape index (κ2) is 52.2. The number of carbonyl (C=O) groups is 3. The Kier molecular flexibility index (Phi) is 57.6. The summed E-state index contributed by atoms with van der Waals surface area (Å²) in [6.07, 6.45) is 2.72. The highest BCUT2D eigenvalue weighted by atomic mass is 16.6. The summed E-state index contributed by atoms with van der Waals surface area (Å²) in [5.41, 5.74) is 12.9. The summed E-state index contributed by atoms with van der Waals surface area (Å²) in [5, 5.41) is 8.17. The molecule has 43 heavy (non-hydrogen) atoms. The molecular weight excluding hydrogens is 570 g/mol. The van der Waals surface area contributed by atoms with E-state index in [-0.39, 0.29) is 31.8 Å². The molecule has 0 fully saturated rings. The van der Waals surface area contributed by atoms with Gasteiger partial charge in [-0.25, -0.2) is 14.4 Å². The number of aliphatic hydroxyl groups excluding tert-OH is 1. The molecule has 0 saturated heterocycles. The highest BCUT2D eigenvalue weighted by Crippen LogP contribution is 1.84. The van der Waals surface area contributed by atoms with Gasteiger partial charge in [-0.3, -0.25) is 0 Å². The number of nitrogens with zero attached hydrogens (tertiary/aromatic N) is 2. The molecule has 0 radical (unpaired) electrons. The fourth-order valence-electron chi connectivity index (χ4n) is 1.92. The van der Waals surface area contributed by atoms with Crippen molar-refractivity contribution in [2.75, 3.05) is 99.0 Å². The number of rotatable bonds is 22. The number of nitrogens with two attached hydrogens (primary N) is 1. The molecule has 0 bridgehead atoms. The van der Waals surface area contributed by atoms with Gasteiger partial charge in [0.1, 0.15) is 13.2 Å². The van der Waals surface area contributed by atoms with Crippen molar-refractivity contribution in [3.63, 3.8) is 0 Å². The molecule has 0 spiro atoms. The van der Waals surface area contributed by atoms with Crippen LogP contribution in [-0.4, -0.2) is 133 Å². The van der Waals surface area contributed by atoms with Crippen molar-refractivity contribution in [1.29, 1.82) is 0 Å². The van der Waals surface area contributed by atoms with E-state index in [0.29, 0.717) is 79.1 Å². The van der Waals surface area contributed by atoms with E-state index in [9.17, 15) is 14.4 Å². The van der Waals surface area contributed by atoms with Crippen LogP contribution in [0, 0.1) is 0 Å². The predicted molar refractivity (Wildman–Crippen MR) is 162 cm³/mol. The van der Waals surface area contributed by atoms with Crippen molar-refractivity contribution in [2.24, 2.45) is 5.73 Å². The summed E-state index contributed by atoms with van der Waals surface area (Å²) in [4.78, 5) is 34.0. The first kappa shape index (κ1) is 47.4. The van der Waals surface area contributed by atoms with Crippen molar-refractivity contribution in [3.8, 4) is 0 Å². The Labute approximate surface area is 259 Å². The Morgan fingerprint density at radius 3 is 1.47 bits per heavy atom. The van der Waals surface area contributed by atoms with E-state index >= 15 is 0 Å². The summed E-state index contributed by atoms with van der Waals surface area (Å²) in [5.74, 6) is -1.30. The second-order valence-corrected chi connectivity index (χ2v) is 7.06. The van der Waals surface area contributed by atoms with Crippen LogP contribution in [0.5, 0.6) is 0 Å². The highest BCUT2D eigenvalue weighted by Gasteiger charge is 2.01. The second-order valence-electron chi connectivity index (χ2n) is 7.06. The van der Waals surface area contributed by atoms with Crippen LogP contribution in [0.3, 0.4) is 0 Å². The van der Waals surface area contributed by atoms with Gasteiger partial charge in [0.15, 0.2) is 0 Å². The quantitative estimate of drug-likeness (QED) is 0.0437. The molecule has 258 valence electrons. The zero-order valence-electron chi connectivity index (χ0n) is 28.2. The number of hydrogen-bond acceptors (Lipinski definition) is 13. The molecule has 0 amide bonds. The van der Waals surface area contributed by atoms with Gasteiger partial charge in [0, 0.05) is 21.1 Å². The van der Waals surface area contributed by atoms with E-state index in [1.165, 1.54) is 0 Å². The summed E-state index contributed by atoms with van der Waals surface area (Å²) in [6.45, 7) is 17.6. The maximum absolute atomic E-state index is 10.7. The third kappa shape index (κ3) is 63.8. The Morgan fingerprint density at radius 2 is 1.12 bits per heavy atom. The van der Waals surface area contributed by atoms with Crippen molar-refractivity contribution in [1.82, 2.24) is 0 Å². The molecule has 0 unspecified atom stereocenters. The maximum atomic E-state index is 10.7. The Morgan fingerprint density at radius 1 is 0.721 bits per heavy atom. The molecule has 0 aromatic carbocycles. The van der Waals surface area contributed by atoms with Crippen molar-refractivity contribution in [3.05, 3.63) is 5.53 Å². The van der Waals surface area contributed by atoms with E-state index in [4.69, 9.17) is 41.4 Å². The van der Waals surface area contributed by atoms with Crippen LogP contribution in [0.2, 0.25) is 0 Å². The van der Waals surface area contributed by atoms with Crippen LogP contribution >= 0.6 is 0 Å². The van der Waals surface area contributed by atoms with Gasteiger partial charge in [-0.05, 0) is 33.6 Å². The van der Waals surface area contributed by atoms with Gasteiger partial charge in [0.2, 0.25) is 0 Å². The number of ether oxygens (including phenoxy) is 8. The highest BCUT2D eigenvalue weighted by molar-refractivity contribution is 6.20. The van der Waals surface area contributed by atoms with Gasteiger partial charge in [0.05, 0.1) is 66.1 Å². The fraction of sp³-hybridized carbons (Fsp3) is 0.857. The SMILES string of the molecule is CCCOCCO.CCCOCCOCC(=O)OCC.CCOC(=O)C=[N+]=[N-].CCOC(=O)COCCOCCN.[2H]CC. The first-order valence-electron chi connectivity index (χ1n) is 15.1. The summed E-state index contributed by atoms with van der Waals surface area (Å²) < 4.78 is 44.9. The minimum atomic E-state index is -0.630. The average Bonchev–Trinajstić information content (AvgIpc) is 2.99. The lowest BCUT2D eigenvalue weighted by atomic mass is 10.5. The smallest absolute Gasteiger partial charge is 0.413 e. The number of esters is 3. The lowest BCUT2D eigenvalue weighted by Crippen LogP contribution is -2.16.